The molecule has 0 saturated carbocycles. The quantitative estimate of drug-likeness (QED) is 0.838. The molecule has 0 fully saturated rings. The summed E-state index contributed by atoms with van der Waals surface area (Å²) in [6, 6.07) is 5.04. The third-order valence-electron chi connectivity index (χ3n) is 2.60. The topological polar surface area (TPSA) is 85.1 Å². The number of thiazole rings is 1. The average Bonchev–Trinajstić information content (AvgIpc) is 2.83. The van der Waals surface area contributed by atoms with Gasteiger partial charge in [0.2, 0.25) is 10.0 Å². The van der Waals surface area contributed by atoms with Gasteiger partial charge in [0.25, 0.3) is 0 Å². The number of nitrogens with zero attached hydrogens (tertiary/aromatic N) is 1. The van der Waals surface area contributed by atoms with Gasteiger partial charge in [0.05, 0.1) is 11.4 Å². The van der Waals surface area contributed by atoms with Gasteiger partial charge < -0.3 is 5.73 Å². The van der Waals surface area contributed by atoms with Crippen LogP contribution in [0.1, 0.15) is 16.3 Å². The van der Waals surface area contributed by atoms with Crippen molar-refractivity contribution in [2.75, 3.05) is 0 Å². The molecule has 8 heteroatoms. The Morgan fingerprint density at radius 3 is 2.80 bits per heavy atom. The van der Waals surface area contributed by atoms with Crippen LogP contribution in [0.5, 0.6) is 0 Å². The van der Waals surface area contributed by atoms with E-state index in [1.807, 2.05) is 12.3 Å². The molecule has 0 radical (unpaired) electrons. The molecule has 0 spiro atoms. The first kappa shape index (κ1) is 15.6. The highest BCUT2D eigenvalue weighted by atomic mass is 79.9. The minimum Gasteiger partial charge on any atom is -0.326 e. The van der Waals surface area contributed by atoms with E-state index in [4.69, 9.17) is 5.73 Å². The summed E-state index contributed by atoms with van der Waals surface area (Å²) < 4.78 is 27.7. The zero-order chi connectivity index (χ0) is 14.8. The summed E-state index contributed by atoms with van der Waals surface area (Å²) in [5, 5.41) is 2.62. The summed E-state index contributed by atoms with van der Waals surface area (Å²) in [7, 11) is -3.60. The minimum absolute atomic E-state index is 0.181. The molecule has 0 bridgehead atoms. The molecule has 0 aliphatic carbocycles. The third-order valence-corrected chi connectivity index (χ3v) is 5.96. The normalized spacial score (nSPS) is 11.8. The minimum atomic E-state index is -3.60. The monoisotopic (exact) mass is 375 g/mol. The molecule has 0 amide bonds. The standard InChI is InChI=1S/C12H14BrN3O2S2/c1-8-7-19-12(16-8)6-15-20(17,18)11-4-9(5-14)2-3-10(11)13/h2-4,7,15H,5-6,14H2,1H3. The first-order valence-corrected chi connectivity index (χ1v) is 8.97. The smallest absolute Gasteiger partial charge is 0.242 e. The van der Waals surface area contributed by atoms with E-state index in [-0.39, 0.29) is 11.4 Å². The van der Waals surface area contributed by atoms with E-state index in [9.17, 15) is 8.42 Å². The number of halogens is 1. The maximum Gasteiger partial charge on any atom is 0.242 e. The number of aryl methyl sites for hydroxylation is 1. The first-order chi connectivity index (χ1) is 9.42. The second-order valence-corrected chi connectivity index (χ2v) is 7.71. The summed E-state index contributed by atoms with van der Waals surface area (Å²) in [6.45, 7) is 2.34. The maximum absolute atomic E-state index is 12.3. The average molecular weight is 376 g/mol. The van der Waals surface area contributed by atoms with Crippen LogP contribution in [-0.4, -0.2) is 13.4 Å². The zero-order valence-corrected chi connectivity index (χ0v) is 14.0. The number of sulfonamides is 1. The number of nitrogens with two attached hydrogens (primary N) is 1. The van der Waals surface area contributed by atoms with Crippen LogP contribution in [-0.2, 0) is 23.1 Å². The molecule has 3 N–H and O–H groups in total. The highest BCUT2D eigenvalue weighted by molar-refractivity contribution is 9.10. The molecule has 20 heavy (non-hydrogen) atoms. The van der Waals surface area contributed by atoms with Gasteiger partial charge in [0.1, 0.15) is 5.01 Å². The fraction of sp³-hybridized carbons (Fsp3) is 0.250. The summed E-state index contributed by atoms with van der Waals surface area (Å²) in [5.74, 6) is 0. The number of hydrogen-bond acceptors (Lipinski definition) is 5. The van der Waals surface area contributed by atoms with Crippen LogP contribution in [0.4, 0.5) is 0 Å². The van der Waals surface area contributed by atoms with Crippen molar-refractivity contribution in [3.8, 4) is 0 Å². The number of rotatable bonds is 5. The van der Waals surface area contributed by atoms with Crippen LogP contribution in [0.3, 0.4) is 0 Å². The lowest BCUT2D eigenvalue weighted by Crippen LogP contribution is -2.23. The van der Waals surface area contributed by atoms with Crippen LogP contribution in [0.15, 0.2) is 32.9 Å². The Balaban J connectivity index is 2.21. The van der Waals surface area contributed by atoms with Crippen molar-refractivity contribution < 1.29 is 8.42 Å². The van der Waals surface area contributed by atoms with Gasteiger partial charge in [-0.1, -0.05) is 6.07 Å². The van der Waals surface area contributed by atoms with Crippen molar-refractivity contribution in [3.05, 3.63) is 44.3 Å². The fourth-order valence-electron chi connectivity index (χ4n) is 1.60. The molecule has 0 aliphatic rings. The Bertz CT molecular complexity index is 713. The Morgan fingerprint density at radius 2 is 2.20 bits per heavy atom. The lowest BCUT2D eigenvalue weighted by Gasteiger charge is -2.09. The third kappa shape index (κ3) is 3.64. The molecule has 1 aromatic heterocycles. The molecule has 0 unspecified atom stereocenters. The number of hydrogen-bond donors (Lipinski definition) is 2. The van der Waals surface area contributed by atoms with Crippen LogP contribution < -0.4 is 10.5 Å². The van der Waals surface area contributed by atoms with Gasteiger partial charge in [-0.25, -0.2) is 18.1 Å². The van der Waals surface area contributed by atoms with Crippen molar-refractivity contribution in [2.24, 2.45) is 5.73 Å². The predicted molar refractivity (Wildman–Crippen MR) is 82.9 cm³/mol. The molecule has 0 atom stereocenters. The summed E-state index contributed by atoms with van der Waals surface area (Å²) in [6.07, 6.45) is 0. The van der Waals surface area contributed by atoms with E-state index < -0.39 is 10.0 Å². The molecule has 0 saturated heterocycles. The Hall–Kier alpha value is -0.800. The van der Waals surface area contributed by atoms with Crippen LogP contribution in [0, 0.1) is 6.92 Å². The molecule has 1 heterocycles. The number of aromatic nitrogens is 1. The molecule has 0 aliphatic heterocycles. The second-order valence-electron chi connectivity index (χ2n) is 4.18. The van der Waals surface area contributed by atoms with E-state index >= 15 is 0 Å². The molecule has 108 valence electrons. The highest BCUT2D eigenvalue weighted by Gasteiger charge is 2.18. The van der Waals surface area contributed by atoms with E-state index in [0.29, 0.717) is 11.0 Å². The van der Waals surface area contributed by atoms with Gasteiger partial charge in [-0.2, -0.15) is 0 Å². The highest BCUT2D eigenvalue weighted by Crippen LogP contribution is 2.23. The number of benzene rings is 1. The first-order valence-electron chi connectivity index (χ1n) is 5.81. The van der Waals surface area contributed by atoms with Gasteiger partial charge >= 0.3 is 0 Å². The van der Waals surface area contributed by atoms with E-state index in [1.54, 1.807) is 18.2 Å². The van der Waals surface area contributed by atoms with Crippen LogP contribution >= 0.6 is 27.3 Å². The molecular formula is C12H14BrN3O2S2. The van der Waals surface area contributed by atoms with Gasteiger partial charge in [-0.15, -0.1) is 11.3 Å². The summed E-state index contributed by atoms with van der Waals surface area (Å²) in [5.41, 5.74) is 7.19. The van der Waals surface area contributed by atoms with E-state index in [2.05, 4.69) is 25.6 Å². The van der Waals surface area contributed by atoms with Gasteiger partial charge in [-0.05, 0) is 40.5 Å². The fourth-order valence-corrected chi connectivity index (χ4v) is 4.40. The largest absolute Gasteiger partial charge is 0.326 e. The van der Waals surface area contributed by atoms with Crippen LogP contribution in [0.2, 0.25) is 0 Å². The van der Waals surface area contributed by atoms with Crippen molar-refractivity contribution in [1.29, 1.82) is 0 Å². The van der Waals surface area contributed by atoms with Gasteiger partial charge in [-0.3, -0.25) is 0 Å². The van der Waals surface area contributed by atoms with Gasteiger partial charge in [0.15, 0.2) is 0 Å². The molecule has 1 aromatic carbocycles. The lowest BCUT2D eigenvalue weighted by molar-refractivity contribution is 0.580. The van der Waals surface area contributed by atoms with Crippen LogP contribution in [0.25, 0.3) is 0 Å². The van der Waals surface area contributed by atoms with Crippen molar-refractivity contribution >= 4 is 37.3 Å². The summed E-state index contributed by atoms with van der Waals surface area (Å²) >= 11 is 4.68. The predicted octanol–water partition coefficient (Wildman–Crippen LogP) is 2.15. The van der Waals surface area contributed by atoms with Gasteiger partial charge in [0, 0.05) is 22.1 Å². The van der Waals surface area contributed by atoms with Crippen molar-refractivity contribution in [1.82, 2.24) is 9.71 Å². The SMILES string of the molecule is Cc1csc(CNS(=O)(=O)c2cc(CN)ccc2Br)n1. The molecular weight excluding hydrogens is 362 g/mol. The molecule has 2 aromatic rings. The number of nitrogens with one attached hydrogen (secondary N) is 1. The van der Waals surface area contributed by atoms with Crippen molar-refractivity contribution in [3.63, 3.8) is 0 Å². The maximum atomic E-state index is 12.3. The zero-order valence-electron chi connectivity index (χ0n) is 10.8. The van der Waals surface area contributed by atoms with E-state index in [0.717, 1.165) is 16.3 Å². The lowest BCUT2D eigenvalue weighted by atomic mass is 10.2. The Kier molecular flexibility index (Phi) is 4.92. The Morgan fingerprint density at radius 1 is 1.45 bits per heavy atom. The van der Waals surface area contributed by atoms with Crippen molar-refractivity contribution in [2.45, 2.75) is 24.9 Å². The second kappa shape index (κ2) is 6.31. The summed E-state index contributed by atoms with van der Waals surface area (Å²) in [4.78, 5) is 4.41. The molecule has 5 nitrogen and oxygen atoms in total. The molecule has 2 rings (SSSR count). The Labute approximate surface area is 130 Å². The van der Waals surface area contributed by atoms with E-state index in [1.165, 1.54) is 11.3 Å².